The van der Waals surface area contributed by atoms with Crippen LogP contribution in [0.15, 0.2) is 48.5 Å². The summed E-state index contributed by atoms with van der Waals surface area (Å²) in [4.78, 5) is 19.9. The van der Waals surface area contributed by atoms with Gasteiger partial charge in [0.2, 0.25) is 15.9 Å². The molecule has 0 bridgehead atoms. The molecule has 1 atom stereocenters. The van der Waals surface area contributed by atoms with Crippen LogP contribution >= 0.6 is 22.9 Å². The van der Waals surface area contributed by atoms with Crippen LogP contribution < -0.4 is 4.90 Å². The van der Waals surface area contributed by atoms with Crippen LogP contribution in [0.5, 0.6) is 0 Å². The lowest BCUT2D eigenvalue weighted by atomic mass is 10.0. The minimum Gasteiger partial charge on any atom is -0.282 e. The number of para-hydroxylation sites is 1. The number of thiazole rings is 1. The summed E-state index contributed by atoms with van der Waals surface area (Å²) in [5, 5.41) is 1.04. The minimum atomic E-state index is -3.49. The zero-order valence-electron chi connectivity index (χ0n) is 16.5. The smallest absolute Gasteiger partial charge is 0.247 e. The number of nitrogens with zero attached hydrogens (tertiary/aromatic N) is 3. The van der Waals surface area contributed by atoms with Crippen molar-refractivity contribution in [1.82, 2.24) is 9.29 Å². The molecule has 0 spiro atoms. The predicted octanol–water partition coefficient (Wildman–Crippen LogP) is 4.30. The molecule has 1 aromatic heterocycles. The Labute approximate surface area is 185 Å². The van der Waals surface area contributed by atoms with Crippen molar-refractivity contribution in [3.63, 3.8) is 0 Å². The number of carbonyl (C=O) groups is 1. The third-order valence-corrected chi connectivity index (χ3v) is 7.84. The normalized spacial score (nSPS) is 17.9. The molecule has 30 heavy (non-hydrogen) atoms. The Balaban J connectivity index is 1.76. The molecule has 0 radical (unpaired) electrons. The number of carbonyl (C=O) groups excluding carboxylic acids is 1. The van der Waals surface area contributed by atoms with Crippen molar-refractivity contribution < 1.29 is 13.2 Å². The molecule has 2 aromatic carbocycles. The van der Waals surface area contributed by atoms with Crippen LogP contribution in [0.4, 0.5) is 5.13 Å². The first-order valence-electron chi connectivity index (χ1n) is 9.72. The van der Waals surface area contributed by atoms with Crippen LogP contribution in [0.2, 0.25) is 5.02 Å². The number of fused-ring (bicyclic) bond motifs is 1. The molecule has 1 amide bonds. The number of anilines is 1. The van der Waals surface area contributed by atoms with Gasteiger partial charge in [0, 0.05) is 6.54 Å². The van der Waals surface area contributed by atoms with Crippen LogP contribution in [-0.2, 0) is 21.4 Å². The lowest BCUT2D eigenvalue weighted by Gasteiger charge is -2.35. The van der Waals surface area contributed by atoms with Gasteiger partial charge in [0.15, 0.2) is 5.13 Å². The summed E-state index contributed by atoms with van der Waals surface area (Å²) in [6, 6.07) is 14.4. The molecule has 9 heteroatoms. The van der Waals surface area contributed by atoms with Gasteiger partial charge in [-0.1, -0.05) is 65.8 Å². The van der Waals surface area contributed by atoms with E-state index in [2.05, 4.69) is 4.98 Å². The van der Waals surface area contributed by atoms with E-state index in [1.165, 1.54) is 15.6 Å². The third kappa shape index (κ3) is 4.37. The molecule has 0 aliphatic carbocycles. The Morgan fingerprint density at radius 3 is 2.67 bits per heavy atom. The average Bonchev–Trinajstić information content (AvgIpc) is 3.17. The number of rotatable bonds is 5. The second-order valence-electron chi connectivity index (χ2n) is 7.38. The standard InChI is InChI=1S/C21H22ClN3O3S2/c1-30(27,28)25-13-6-5-11-17(25)20(26)24(14-15-8-3-2-4-9-15)21-23-19-16(22)10-7-12-18(19)29-21/h2-4,7-10,12,17H,5-6,11,13-14H2,1H3. The van der Waals surface area contributed by atoms with Gasteiger partial charge in [0.05, 0.1) is 22.5 Å². The number of benzene rings is 2. The van der Waals surface area contributed by atoms with E-state index < -0.39 is 16.1 Å². The van der Waals surface area contributed by atoms with Gasteiger partial charge in [-0.15, -0.1) is 0 Å². The van der Waals surface area contributed by atoms with Gasteiger partial charge in [-0.25, -0.2) is 13.4 Å². The topological polar surface area (TPSA) is 70.6 Å². The fourth-order valence-electron chi connectivity index (χ4n) is 3.75. The number of hydrogen-bond donors (Lipinski definition) is 0. The van der Waals surface area contributed by atoms with Crippen LogP contribution in [0.3, 0.4) is 0 Å². The molecule has 1 unspecified atom stereocenters. The van der Waals surface area contributed by atoms with Gasteiger partial charge < -0.3 is 0 Å². The Kier molecular flexibility index (Phi) is 6.11. The molecule has 1 fully saturated rings. The maximum Gasteiger partial charge on any atom is 0.247 e. The van der Waals surface area contributed by atoms with Crippen molar-refractivity contribution in [2.24, 2.45) is 0 Å². The first-order chi connectivity index (χ1) is 14.3. The van der Waals surface area contributed by atoms with Gasteiger partial charge in [-0.05, 0) is 30.5 Å². The van der Waals surface area contributed by atoms with E-state index in [9.17, 15) is 13.2 Å². The summed E-state index contributed by atoms with van der Waals surface area (Å²) in [6.45, 7) is 0.672. The number of piperidine rings is 1. The SMILES string of the molecule is CS(=O)(=O)N1CCCCC1C(=O)N(Cc1ccccc1)c1nc2c(Cl)cccc2s1. The molecule has 1 aliphatic heterocycles. The highest BCUT2D eigenvalue weighted by Crippen LogP contribution is 2.35. The number of amides is 1. The molecule has 158 valence electrons. The van der Waals surface area contributed by atoms with Crippen molar-refractivity contribution >= 4 is 54.2 Å². The maximum absolute atomic E-state index is 13.7. The first-order valence-corrected chi connectivity index (χ1v) is 12.8. The molecule has 0 saturated carbocycles. The number of hydrogen-bond acceptors (Lipinski definition) is 5. The second-order valence-corrected chi connectivity index (χ2v) is 10.7. The van der Waals surface area contributed by atoms with Gasteiger partial charge in [-0.2, -0.15) is 4.31 Å². The fourth-order valence-corrected chi connectivity index (χ4v) is 6.14. The van der Waals surface area contributed by atoms with E-state index in [4.69, 9.17) is 11.6 Å². The largest absolute Gasteiger partial charge is 0.282 e. The molecule has 0 N–H and O–H groups in total. The molecule has 2 heterocycles. The van der Waals surface area contributed by atoms with E-state index in [1.54, 1.807) is 11.0 Å². The van der Waals surface area contributed by atoms with Gasteiger partial charge in [-0.3, -0.25) is 9.69 Å². The van der Waals surface area contributed by atoms with Crippen molar-refractivity contribution in [2.45, 2.75) is 31.8 Å². The molecule has 1 saturated heterocycles. The van der Waals surface area contributed by atoms with Crippen molar-refractivity contribution in [3.8, 4) is 0 Å². The zero-order valence-corrected chi connectivity index (χ0v) is 18.9. The lowest BCUT2D eigenvalue weighted by Crippen LogP contribution is -2.52. The van der Waals surface area contributed by atoms with E-state index in [0.717, 1.165) is 29.4 Å². The summed E-state index contributed by atoms with van der Waals surface area (Å²) in [5.41, 5.74) is 1.59. The molecule has 4 rings (SSSR count). The Morgan fingerprint density at radius 2 is 1.97 bits per heavy atom. The Hall–Kier alpha value is -2.00. The van der Waals surface area contributed by atoms with Gasteiger partial charge in [0.1, 0.15) is 11.6 Å². The maximum atomic E-state index is 13.7. The summed E-state index contributed by atoms with van der Waals surface area (Å²) >= 11 is 7.68. The van der Waals surface area contributed by atoms with Gasteiger partial charge >= 0.3 is 0 Å². The van der Waals surface area contributed by atoms with E-state index >= 15 is 0 Å². The average molecular weight is 464 g/mol. The van der Waals surface area contributed by atoms with E-state index in [0.29, 0.717) is 35.2 Å². The van der Waals surface area contributed by atoms with Crippen LogP contribution in [-0.4, -0.2) is 42.5 Å². The van der Waals surface area contributed by atoms with Gasteiger partial charge in [0.25, 0.3) is 0 Å². The fraction of sp³-hybridized carbons (Fsp3) is 0.333. The monoisotopic (exact) mass is 463 g/mol. The predicted molar refractivity (Wildman–Crippen MR) is 121 cm³/mol. The van der Waals surface area contributed by atoms with Crippen LogP contribution in [0.1, 0.15) is 24.8 Å². The third-order valence-electron chi connectivity index (χ3n) is 5.20. The summed E-state index contributed by atoms with van der Waals surface area (Å²) in [6.07, 6.45) is 3.24. The zero-order chi connectivity index (χ0) is 21.3. The molecular weight excluding hydrogens is 442 g/mol. The summed E-state index contributed by atoms with van der Waals surface area (Å²) < 4.78 is 26.9. The van der Waals surface area contributed by atoms with Crippen LogP contribution in [0, 0.1) is 0 Å². The molecule has 1 aliphatic rings. The quantitative estimate of drug-likeness (QED) is 0.565. The number of sulfonamides is 1. The first kappa shape index (κ1) is 21.2. The van der Waals surface area contributed by atoms with Crippen molar-refractivity contribution in [2.75, 3.05) is 17.7 Å². The lowest BCUT2D eigenvalue weighted by molar-refractivity contribution is -0.123. The highest BCUT2D eigenvalue weighted by Gasteiger charge is 2.38. The van der Waals surface area contributed by atoms with E-state index in [-0.39, 0.29) is 5.91 Å². The minimum absolute atomic E-state index is 0.251. The molecule has 6 nitrogen and oxygen atoms in total. The van der Waals surface area contributed by atoms with Crippen LogP contribution in [0.25, 0.3) is 10.2 Å². The second kappa shape index (κ2) is 8.63. The number of halogens is 1. The van der Waals surface area contributed by atoms with Crippen molar-refractivity contribution in [1.29, 1.82) is 0 Å². The van der Waals surface area contributed by atoms with E-state index in [1.807, 2.05) is 42.5 Å². The highest BCUT2D eigenvalue weighted by molar-refractivity contribution is 7.88. The highest BCUT2D eigenvalue weighted by atomic mass is 35.5. The van der Waals surface area contributed by atoms with Crippen molar-refractivity contribution in [3.05, 3.63) is 59.1 Å². The summed E-state index contributed by atoms with van der Waals surface area (Å²) in [5.74, 6) is -0.251. The number of aromatic nitrogens is 1. The Morgan fingerprint density at radius 1 is 1.20 bits per heavy atom. The molecule has 3 aromatic rings. The molecular formula is C21H22ClN3O3S2. The Bertz CT molecular complexity index is 1160. The summed E-state index contributed by atoms with van der Waals surface area (Å²) in [7, 11) is -3.49.